The van der Waals surface area contributed by atoms with Crippen LogP contribution in [0.1, 0.15) is 18.2 Å². The van der Waals surface area contributed by atoms with E-state index in [1.165, 1.54) is 0 Å². The molecule has 0 atom stereocenters. The van der Waals surface area contributed by atoms with Crippen LogP contribution in [0.5, 0.6) is 5.75 Å². The van der Waals surface area contributed by atoms with Crippen molar-refractivity contribution in [3.63, 3.8) is 0 Å². The average Bonchev–Trinajstić information content (AvgIpc) is 3.18. The Morgan fingerprint density at radius 3 is 2.70 bits per heavy atom. The topological polar surface area (TPSA) is 75.9 Å². The molecule has 0 spiro atoms. The number of rotatable bonds is 5. The molecule has 27 heavy (non-hydrogen) atoms. The summed E-state index contributed by atoms with van der Waals surface area (Å²) >= 11 is 0. The largest absolute Gasteiger partial charge is 0.497 e. The highest BCUT2D eigenvalue weighted by Gasteiger charge is 2.26. The van der Waals surface area contributed by atoms with Crippen LogP contribution in [0.2, 0.25) is 0 Å². The maximum absolute atomic E-state index is 12.7. The summed E-state index contributed by atoms with van der Waals surface area (Å²) in [6.45, 7) is 4.40. The monoisotopic (exact) mass is 366 g/mol. The maximum Gasteiger partial charge on any atom is 0.242 e. The molecule has 0 N–H and O–H groups in total. The number of hydrogen-bond acceptors (Lipinski definition) is 6. The van der Waals surface area contributed by atoms with Crippen LogP contribution in [0.25, 0.3) is 5.65 Å². The number of ether oxygens (including phenoxy) is 1. The zero-order chi connectivity index (χ0) is 18.8. The second-order valence-electron chi connectivity index (χ2n) is 6.56. The molecule has 0 saturated carbocycles. The number of fused-ring (bicyclic) bond motifs is 1. The molecule has 0 bridgehead atoms. The highest BCUT2D eigenvalue weighted by atomic mass is 16.5. The van der Waals surface area contributed by atoms with Crippen molar-refractivity contribution in [2.45, 2.75) is 19.9 Å². The van der Waals surface area contributed by atoms with E-state index in [9.17, 15) is 4.79 Å². The molecule has 1 saturated heterocycles. The first kappa shape index (κ1) is 17.3. The zero-order valence-electron chi connectivity index (χ0n) is 15.5. The molecule has 1 fully saturated rings. The van der Waals surface area contributed by atoms with Crippen molar-refractivity contribution in [3.05, 3.63) is 47.9 Å². The van der Waals surface area contributed by atoms with Gasteiger partial charge in [-0.25, -0.2) is 0 Å². The predicted octanol–water partition coefficient (Wildman–Crippen LogP) is 1.54. The van der Waals surface area contributed by atoms with Crippen molar-refractivity contribution in [2.24, 2.45) is 0 Å². The molecule has 8 heteroatoms. The van der Waals surface area contributed by atoms with Gasteiger partial charge >= 0.3 is 0 Å². The van der Waals surface area contributed by atoms with Crippen LogP contribution in [0, 0.1) is 0 Å². The minimum Gasteiger partial charge on any atom is -0.497 e. The van der Waals surface area contributed by atoms with E-state index in [2.05, 4.69) is 27.1 Å². The lowest BCUT2D eigenvalue weighted by atomic mass is 10.1. The normalized spacial score (nSPS) is 14.8. The van der Waals surface area contributed by atoms with E-state index in [-0.39, 0.29) is 5.91 Å². The SMILES string of the molecule is CCc1cc(N2CCN(Cc3ccc(OC)cc3)C(=O)C2)c2nncn2n1. The minimum absolute atomic E-state index is 0.101. The molecule has 1 aliphatic heterocycles. The van der Waals surface area contributed by atoms with E-state index >= 15 is 0 Å². The number of aryl methyl sites for hydroxylation is 1. The Labute approximate surface area is 157 Å². The summed E-state index contributed by atoms with van der Waals surface area (Å²) in [6, 6.07) is 9.84. The summed E-state index contributed by atoms with van der Waals surface area (Å²) in [5, 5.41) is 12.6. The van der Waals surface area contributed by atoms with Crippen LogP contribution in [0.4, 0.5) is 5.69 Å². The molecule has 0 unspecified atom stereocenters. The van der Waals surface area contributed by atoms with Crippen molar-refractivity contribution in [2.75, 3.05) is 31.6 Å². The first-order chi connectivity index (χ1) is 13.2. The zero-order valence-corrected chi connectivity index (χ0v) is 15.5. The Kier molecular flexibility index (Phi) is 4.62. The summed E-state index contributed by atoms with van der Waals surface area (Å²) < 4.78 is 6.87. The van der Waals surface area contributed by atoms with Gasteiger partial charge in [0.25, 0.3) is 0 Å². The number of amides is 1. The summed E-state index contributed by atoms with van der Waals surface area (Å²) in [4.78, 5) is 16.7. The Morgan fingerprint density at radius 1 is 1.19 bits per heavy atom. The van der Waals surface area contributed by atoms with E-state index in [0.717, 1.165) is 35.7 Å². The molecule has 3 heterocycles. The van der Waals surface area contributed by atoms with Crippen LogP contribution < -0.4 is 9.64 Å². The summed E-state index contributed by atoms with van der Waals surface area (Å²) in [6.07, 6.45) is 2.41. The van der Waals surface area contributed by atoms with Gasteiger partial charge in [-0.2, -0.15) is 9.61 Å². The lowest BCUT2D eigenvalue weighted by molar-refractivity contribution is -0.131. The van der Waals surface area contributed by atoms with E-state index < -0.39 is 0 Å². The standard InChI is InChI=1S/C19H22N6O2/c1-3-15-10-17(19-21-20-13-25(19)22-15)23-8-9-24(18(26)12-23)11-14-4-6-16(27-2)7-5-14/h4-7,10,13H,3,8-9,11-12H2,1-2H3. The summed E-state index contributed by atoms with van der Waals surface area (Å²) in [5.74, 6) is 0.918. The van der Waals surface area contributed by atoms with Gasteiger partial charge in [0.1, 0.15) is 12.1 Å². The van der Waals surface area contributed by atoms with Crippen molar-refractivity contribution < 1.29 is 9.53 Å². The number of benzene rings is 1. The number of aromatic nitrogens is 4. The third-order valence-corrected chi connectivity index (χ3v) is 4.85. The van der Waals surface area contributed by atoms with Gasteiger partial charge in [0, 0.05) is 19.6 Å². The van der Waals surface area contributed by atoms with Crippen LogP contribution in [0.3, 0.4) is 0 Å². The van der Waals surface area contributed by atoms with Gasteiger partial charge in [-0.15, -0.1) is 10.2 Å². The number of nitrogens with zero attached hydrogens (tertiary/aromatic N) is 6. The Hall–Kier alpha value is -3.16. The van der Waals surface area contributed by atoms with E-state index in [4.69, 9.17) is 4.74 Å². The van der Waals surface area contributed by atoms with Crippen LogP contribution >= 0.6 is 0 Å². The molecular weight excluding hydrogens is 344 g/mol. The van der Waals surface area contributed by atoms with Gasteiger partial charge in [0.15, 0.2) is 0 Å². The fourth-order valence-electron chi connectivity index (χ4n) is 3.30. The van der Waals surface area contributed by atoms with Crippen molar-refractivity contribution in [1.82, 2.24) is 24.7 Å². The summed E-state index contributed by atoms with van der Waals surface area (Å²) in [5.41, 5.74) is 3.64. The minimum atomic E-state index is 0.101. The quantitative estimate of drug-likeness (QED) is 0.682. The van der Waals surface area contributed by atoms with Crippen molar-refractivity contribution in [1.29, 1.82) is 0 Å². The number of methoxy groups -OCH3 is 1. The fourth-order valence-corrected chi connectivity index (χ4v) is 3.30. The van der Waals surface area contributed by atoms with Crippen molar-refractivity contribution >= 4 is 17.2 Å². The molecule has 8 nitrogen and oxygen atoms in total. The molecule has 4 rings (SSSR count). The van der Waals surface area contributed by atoms with Gasteiger partial charge in [-0.05, 0) is 30.2 Å². The molecule has 0 aliphatic carbocycles. The molecular formula is C19H22N6O2. The number of carbonyl (C=O) groups excluding carboxylic acids is 1. The maximum atomic E-state index is 12.7. The third-order valence-electron chi connectivity index (χ3n) is 4.85. The van der Waals surface area contributed by atoms with Crippen LogP contribution in [-0.2, 0) is 17.8 Å². The van der Waals surface area contributed by atoms with Gasteiger partial charge in [0.2, 0.25) is 11.6 Å². The molecule has 2 aromatic heterocycles. The first-order valence-electron chi connectivity index (χ1n) is 9.03. The molecule has 1 amide bonds. The molecule has 1 aromatic carbocycles. The molecule has 1 aliphatic rings. The van der Waals surface area contributed by atoms with Crippen LogP contribution in [0.15, 0.2) is 36.7 Å². The fraction of sp³-hybridized carbons (Fsp3) is 0.368. The summed E-state index contributed by atoms with van der Waals surface area (Å²) in [7, 11) is 1.65. The van der Waals surface area contributed by atoms with Gasteiger partial charge < -0.3 is 14.5 Å². The second kappa shape index (κ2) is 7.22. The van der Waals surface area contributed by atoms with E-state index in [1.807, 2.05) is 35.2 Å². The Balaban J connectivity index is 1.50. The van der Waals surface area contributed by atoms with Crippen LogP contribution in [-0.4, -0.2) is 57.4 Å². The Morgan fingerprint density at radius 2 is 2.00 bits per heavy atom. The highest BCUT2D eigenvalue weighted by Crippen LogP contribution is 2.23. The number of anilines is 1. The lowest BCUT2D eigenvalue weighted by Gasteiger charge is -2.35. The molecule has 0 radical (unpaired) electrons. The van der Waals surface area contributed by atoms with Gasteiger partial charge in [-0.3, -0.25) is 4.79 Å². The number of carbonyl (C=O) groups is 1. The Bertz CT molecular complexity index is 952. The van der Waals surface area contributed by atoms with Gasteiger partial charge in [-0.1, -0.05) is 19.1 Å². The number of hydrogen-bond donors (Lipinski definition) is 0. The van der Waals surface area contributed by atoms with Gasteiger partial charge in [0.05, 0.1) is 25.0 Å². The second-order valence-corrected chi connectivity index (χ2v) is 6.56. The predicted molar refractivity (Wildman–Crippen MR) is 101 cm³/mol. The first-order valence-corrected chi connectivity index (χ1v) is 9.03. The van der Waals surface area contributed by atoms with E-state index in [0.29, 0.717) is 25.3 Å². The molecule has 3 aromatic rings. The smallest absolute Gasteiger partial charge is 0.242 e. The average molecular weight is 366 g/mol. The van der Waals surface area contributed by atoms with Crippen molar-refractivity contribution in [3.8, 4) is 5.75 Å². The number of piperazine rings is 1. The van der Waals surface area contributed by atoms with E-state index in [1.54, 1.807) is 18.0 Å². The molecule has 140 valence electrons. The third kappa shape index (κ3) is 3.42. The lowest BCUT2D eigenvalue weighted by Crippen LogP contribution is -2.50. The highest BCUT2D eigenvalue weighted by molar-refractivity contribution is 5.84.